The zero-order chi connectivity index (χ0) is 16.3. The van der Waals surface area contributed by atoms with E-state index in [2.05, 4.69) is 4.74 Å². The van der Waals surface area contributed by atoms with Crippen LogP contribution in [-0.2, 0) is 15.1 Å². The van der Waals surface area contributed by atoms with E-state index in [1.54, 1.807) is 0 Å². The van der Waals surface area contributed by atoms with Crippen molar-refractivity contribution in [1.29, 1.82) is 0 Å². The van der Waals surface area contributed by atoms with E-state index in [4.69, 9.17) is 0 Å². The van der Waals surface area contributed by atoms with E-state index in [-0.39, 0.29) is 6.61 Å². The van der Waals surface area contributed by atoms with Gasteiger partial charge in [0.05, 0.1) is 13.2 Å². The van der Waals surface area contributed by atoms with E-state index in [1.165, 1.54) is 6.92 Å². The number of rotatable bonds is 5. The molecule has 0 bridgehead atoms. The molecule has 1 unspecified atom stereocenters. The molecule has 0 aromatic heterocycles. The molecule has 0 aliphatic rings. The van der Waals surface area contributed by atoms with Crippen LogP contribution in [0.25, 0.3) is 0 Å². The van der Waals surface area contributed by atoms with Gasteiger partial charge in [0.15, 0.2) is 0 Å². The van der Waals surface area contributed by atoms with E-state index in [0.29, 0.717) is 6.07 Å². The second-order valence-electron chi connectivity index (χ2n) is 4.44. The molecular weight excluding hydrogens is 297 g/mol. The summed E-state index contributed by atoms with van der Waals surface area (Å²) >= 11 is 0. The van der Waals surface area contributed by atoms with Crippen molar-refractivity contribution >= 4 is 5.97 Å². The number of carbonyl (C=O) groups excluding carboxylic acids is 1. The summed E-state index contributed by atoms with van der Waals surface area (Å²) in [5, 5.41) is 1.90. The summed E-state index contributed by atoms with van der Waals surface area (Å²) in [6, 6.07) is 2.20. The van der Waals surface area contributed by atoms with Crippen LogP contribution >= 0.6 is 0 Å². The molecule has 1 aromatic carbocycles. The molecule has 0 fully saturated rings. The molecule has 0 spiro atoms. The van der Waals surface area contributed by atoms with Crippen LogP contribution in [0.3, 0.4) is 0 Å². The van der Waals surface area contributed by atoms with E-state index < -0.39 is 41.4 Å². The number of alkyl halides is 3. The van der Waals surface area contributed by atoms with Crippen LogP contribution in [0, 0.1) is 11.6 Å². The number of hydrogen-bond donors (Lipinski definition) is 1. The summed E-state index contributed by atoms with van der Waals surface area (Å²) in [6.07, 6.45) is -4.63. The molecule has 0 heterocycles. The van der Waals surface area contributed by atoms with Gasteiger partial charge in [-0.15, -0.1) is 0 Å². The van der Waals surface area contributed by atoms with Crippen molar-refractivity contribution in [3.05, 3.63) is 35.4 Å². The Morgan fingerprint density at radius 2 is 1.90 bits per heavy atom. The van der Waals surface area contributed by atoms with Crippen molar-refractivity contribution in [1.82, 2.24) is 5.32 Å². The van der Waals surface area contributed by atoms with Gasteiger partial charge in [-0.05, 0) is 32.0 Å². The Hall–Kier alpha value is -1.70. The quantitative estimate of drug-likeness (QED) is 0.671. The van der Waals surface area contributed by atoms with Crippen LogP contribution in [0.4, 0.5) is 22.0 Å². The molecule has 8 heteroatoms. The molecule has 1 aromatic rings. The van der Waals surface area contributed by atoms with Crippen molar-refractivity contribution < 1.29 is 31.5 Å². The van der Waals surface area contributed by atoms with Crippen LogP contribution in [0.1, 0.15) is 19.4 Å². The average Bonchev–Trinajstić information content (AvgIpc) is 2.38. The highest BCUT2D eigenvalue weighted by molar-refractivity contribution is 5.82. The fourth-order valence-electron chi connectivity index (χ4n) is 1.71. The van der Waals surface area contributed by atoms with Gasteiger partial charge in [0.2, 0.25) is 0 Å². The van der Waals surface area contributed by atoms with Crippen molar-refractivity contribution in [2.24, 2.45) is 0 Å². The highest BCUT2D eigenvalue weighted by Crippen LogP contribution is 2.27. The molecule has 0 saturated carbocycles. The number of esters is 1. The molecule has 21 heavy (non-hydrogen) atoms. The van der Waals surface area contributed by atoms with Gasteiger partial charge in [0.1, 0.15) is 17.2 Å². The standard InChI is InChI=1S/C13H14F5NO2/c1-3-21-11(20)12(2,19-7-13(16,17)18)9-6-8(14)4-5-10(9)15/h4-6,19H,3,7H2,1-2H3. The number of ether oxygens (including phenoxy) is 1. The molecule has 0 aliphatic carbocycles. The van der Waals surface area contributed by atoms with Gasteiger partial charge < -0.3 is 4.74 Å². The van der Waals surface area contributed by atoms with Gasteiger partial charge in [-0.3, -0.25) is 5.32 Å². The van der Waals surface area contributed by atoms with Crippen molar-refractivity contribution in [2.75, 3.05) is 13.2 Å². The third-order valence-electron chi connectivity index (χ3n) is 2.79. The summed E-state index contributed by atoms with van der Waals surface area (Å²) in [6.45, 7) is 0.788. The first-order valence-corrected chi connectivity index (χ1v) is 6.04. The Kier molecular flexibility index (Phi) is 5.27. The minimum Gasteiger partial charge on any atom is -0.464 e. The number of halogens is 5. The van der Waals surface area contributed by atoms with E-state index in [9.17, 15) is 26.7 Å². The minimum atomic E-state index is -4.63. The maximum atomic E-state index is 13.8. The number of benzene rings is 1. The lowest BCUT2D eigenvalue weighted by Crippen LogP contribution is -2.51. The highest BCUT2D eigenvalue weighted by Gasteiger charge is 2.42. The number of hydrogen-bond acceptors (Lipinski definition) is 3. The minimum absolute atomic E-state index is 0.112. The van der Waals surface area contributed by atoms with Gasteiger partial charge >= 0.3 is 12.1 Å². The highest BCUT2D eigenvalue weighted by atomic mass is 19.4. The molecule has 0 saturated heterocycles. The predicted octanol–water partition coefficient (Wildman–Crippen LogP) is 2.90. The molecule has 0 radical (unpaired) electrons. The molecule has 0 amide bonds. The van der Waals surface area contributed by atoms with Gasteiger partial charge in [-0.1, -0.05) is 0 Å². The Labute approximate surface area is 118 Å². The summed E-state index contributed by atoms with van der Waals surface area (Å²) in [4.78, 5) is 11.9. The first-order chi connectivity index (χ1) is 9.60. The van der Waals surface area contributed by atoms with Gasteiger partial charge in [0, 0.05) is 5.56 Å². The fourth-order valence-corrected chi connectivity index (χ4v) is 1.71. The molecule has 1 rings (SSSR count). The smallest absolute Gasteiger partial charge is 0.401 e. The van der Waals surface area contributed by atoms with Gasteiger partial charge in [-0.25, -0.2) is 13.6 Å². The zero-order valence-electron chi connectivity index (χ0n) is 11.4. The van der Waals surface area contributed by atoms with E-state index in [1.807, 2.05) is 5.32 Å². The third-order valence-corrected chi connectivity index (χ3v) is 2.79. The lowest BCUT2D eigenvalue weighted by Gasteiger charge is -2.29. The van der Waals surface area contributed by atoms with Crippen LogP contribution in [0.2, 0.25) is 0 Å². The van der Waals surface area contributed by atoms with Crippen LogP contribution in [-0.4, -0.2) is 25.3 Å². The van der Waals surface area contributed by atoms with Crippen molar-refractivity contribution in [2.45, 2.75) is 25.6 Å². The first kappa shape index (κ1) is 17.4. The first-order valence-electron chi connectivity index (χ1n) is 6.04. The van der Waals surface area contributed by atoms with Crippen LogP contribution in [0.5, 0.6) is 0 Å². The second-order valence-corrected chi connectivity index (χ2v) is 4.44. The summed E-state index contributed by atoms with van der Waals surface area (Å²) in [5.74, 6) is -3.02. The maximum absolute atomic E-state index is 13.8. The molecule has 0 aliphatic heterocycles. The fraction of sp³-hybridized carbons (Fsp3) is 0.462. The SMILES string of the molecule is CCOC(=O)C(C)(NCC(F)(F)F)c1cc(F)ccc1F. The van der Waals surface area contributed by atoms with Crippen molar-refractivity contribution in [3.8, 4) is 0 Å². The summed E-state index contributed by atoms with van der Waals surface area (Å²) in [5.41, 5.74) is -2.71. The van der Waals surface area contributed by atoms with Gasteiger partial charge in [-0.2, -0.15) is 13.2 Å². The molecular formula is C13H14F5NO2. The lowest BCUT2D eigenvalue weighted by molar-refractivity contribution is -0.155. The zero-order valence-corrected chi connectivity index (χ0v) is 11.4. The molecule has 118 valence electrons. The van der Waals surface area contributed by atoms with Crippen LogP contribution < -0.4 is 5.32 Å². The average molecular weight is 311 g/mol. The monoisotopic (exact) mass is 311 g/mol. The predicted molar refractivity (Wildman–Crippen MR) is 64.4 cm³/mol. The molecule has 1 atom stereocenters. The van der Waals surface area contributed by atoms with E-state index in [0.717, 1.165) is 19.1 Å². The normalized spacial score (nSPS) is 14.6. The summed E-state index contributed by atoms with van der Waals surface area (Å²) < 4.78 is 68.7. The number of carbonyl (C=O) groups is 1. The third kappa shape index (κ3) is 4.38. The Balaban J connectivity index is 3.23. The Bertz CT molecular complexity index is 518. The van der Waals surface area contributed by atoms with Crippen molar-refractivity contribution in [3.63, 3.8) is 0 Å². The molecule has 1 N–H and O–H groups in total. The number of nitrogens with one attached hydrogen (secondary N) is 1. The molecule has 3 nitrogen and oxygen atoms in total. The topological polar surface area (TPSA) is 38.3 Å². The summed E-state index contributed by atoms with van der Waals surface area (Å²) in [7, 11) is 0. The van der Waals surface area contributed by atoms with Gasteiger partial charge in [0.25, 0.3) is 0 Å². The Morgan fingerprint density at radius 1 is 1.29 bits per heavy atom. The van der Waals surface area contributed by atoms with E-state index >= 15 is 0 Å². The second kappa shape index (κ2) is 6.38. The van der Waals surface area contributed by atoms with Crippen LogP contribution in [0.15, 0.2) is 18.2 Å². The Morgan fingerprint density at radius 3 is 2.43 bits per heavy atom. The lowest BCUT2D eigenvalue weighted by atomic mass is 9.91. The maximum Gasteiger partial charge on any atom is 0.401 e. The largest absolute Gasteiger partial charge is 0.464 e.